The molecule has 3 nitrogen and oxygen atoms in total. The Bertz CT molecular complexity index is 432. The monoisotopic (exact) mass is 278 g/mol. The highest BCUT2D eigenvalue weighted by Gasteiger charge is 2.36. The Morgan fingerprint density at radius 3 is 2.58 bits per heavy atom. The Balaban J connectivity index is 2.17. The Morgan fingerprint density at radius 2 is 2.00 bits per heavy atom. The van der Waals surface area contributed by atoms with Gasteiger partial charge in [-0.1, -0.05) is 31.2 Å². The Kier molecular flexibility index (Phi) is 4.88. The average Bonchev–Trinajstić information content (AvgIpc) is 2.73. The zero-order valence-corrected chi connectivity index (χ0v) is 12.7. The second kappa shape index (κ2) is 6.44. The molecule has 0 saturated carbocycles. The van der Waals surface area contributed by atoms with Crippen molar-refractivity contribution in [1.82, 2.24) is 10.2 Å². The second-order valence-electron chi connectivity index (χ2n) is 4.91. The summed E-state index contributed by atoms with van der Waals surface area (Å²) >= 11 is 1.77. The van der Waals surface area contributed by atoms with Gasteiger partial charge in [0.05, 0.1) is 6.04 Å². The van der Waals surface area contributed by atoms with Crippen molar-refractivity contribution < 1.29 is 4.79 Å². The number of hydrogen-bond acceptors (Lipinski definition) is 3. The van der Waals surface area contributed by atoms with Crippen LogP contribution in [0.25, 0.3) is 0 Å². The summed E-state index contributed by atoms with van der Waals surface area (Å²) in [6.45, 7) is 4.89. The molecule has 1 aromatic carbocycles. The third-order valence-corrected chi connectivity index (χ3v) is 4.20. The van der Waals surface area contributed by atoms with Crippen molar-refractivity contribution in [3.63, 3.8) is 0 Å². The van der Waals surface area contributed by atoms with Crippen LogP contribution < -0.4 is 5.32 Å². The van der Waals surface area contributed by atoms with Crippen LogP contribution in [0.2, 0.25) is 0 Å². The maximum absolute atomic E-state index is 12.2. The van der Waals surface area contributed by atoms with Crippen LogP contribution in [0.4, 0.5) is 0 Å². The fraction of sp³-hybridized carbons (Fsp3) is 0.533. The van der Waals surface area contributed by atoms with Gasteiger partial charge in [0.2, 0.25) is 5.91 Å². The molecule has 19 heavy (non-hydrogen) atoms. The largest absolute Gasteiger partial charge is 0.321 e. The standard InChI is InChI=1S/C15H22N2OS/c1-4-12-5-7-13(8-6-12)14-16-11(2)15(18)17(14)9-10-19-3/h5-8,11,14,16H,4,9-10H2,1-3H3. The Labute approximate surface area is 119 Å². The number of thioether (sulfide) groups is 1. The van der Waals surface area contributed by atoms with Crippen LogP contribution >= 0.6 is 11.8 Å². The number of nitrogens with one attached hydrogen (secondary N) is 1. The van der Waals surface area contributed by atoms with E-state index in [4.69, 9.17) is 0 Å². The molecule has 0 aliphatic carbocycles. The molecule has 2 atom stereocenters. The minimum absolute atomic E-state index is 0.0283. The molecule has 0 radical (unpaired) electrons. The van der Waals surface area contributed by atoms with Gasteiger partial charge in [-0.3, -0.25) is 10.1 Å². The number of benzene rings is 1. The van der Waals surface area contributed by atoms with Crippen LogP contribution in [0.1, 0.15) is 31.1 Å². The molecule has 1 N–H and O–H groups in total. The highest BCUT2D eigenvalue weighted by molar-refractivity contribution is 7.98. The molecule has 0 spiro atoms. The molecule has 1 aliphatic rings. The third kappa shape index (κ3) is 3.12. The SMILES string of the molecule is CCc1ccc(C2NC(C)C(=O)N2CCSC)cc1. The summed E-state index contributed by atoms with van der Waals surface area (Å²) in [5.41, 5.74) is 2.51. The van der Waals surface area contributed by atoms with E-state index in [0.717, 1.165) is 18.7 Å². The minimum atomic E-state index is -0.0855. The fourth-order valence-corrected chi connectivity index (χ4v) is 2.79. The van der Waals surface area contributed by atoms with Crippen molar-refractivity contribution in [2.24, 2.45) is 0 Å². The van der Waals surface area contributed by atoms with E-state index in [2.05, 4.69) is 42.8 Å². The van der Waals surface area contributed by atoms with Crippen LogP contribution in [-0.2, 0) is 11.2 Å². The molecule has 2 unspecified atom stereocenters. The lowest BCUT2D eigenvalue weighted by molar-refractivity contribution is -0.129. The van der Waals surface area contributed by atoms with Gasteiger partial charge in [-0.2, -0.15) is 11.8 Å². The first kappa shape index (κ1) is 14.4. The molecule has 0 aromatic heterocycles. The molecule has 2 rings (SSSR count). The van der Waals surface area contributed by atoms with Gasteiger partial charge in [0.15, 0.2) is 0 Å². The molecular formula is C15H22N2OS. The number of hydrogen-bond donors (Lipinski definition) is 1. The highest BCUT2D eigenvalue weighted by atomic mass is 32.2. The van der Waals surface area contributed by atoms with Gasteiger partial charge in [0, 0.05) is 12.3 Å². The molecule has 0 bridgehead atoms. The molecule has 1 amide bonds. The molecule has 1 aliphatic heterocycles. The number of carbonyl (C=O) groups excluding carboxylic acids is 1. The van der Waals surface area contributed by atoms with Gasteiger partial charge in [-0.15, -0.1) is 0 Å². The summed E-state index contributed by atoms with van der Waals surface area (Å²) in [5.74, 6) is 1.18. The predicted molar refractivity (Wildman–Crippen MR) is 81.3 cm³/mol. The van der Waals surface area contributed by atoms with Gasteiger partial charge < -0.3 is 4.90 Å². The topological polar surface area (TPSA) is 32.3 Å². The summed E-state index contributed by atoms with van der Waals surface area (Å²) in [7, 11) is 0. The van der Waals surface area contributed by atoms with E-state index in [1.54, 1.807) is 11.8 Å². The van der Waals surface area contributed by atoms with Crippen LogP contribution in [0, 0.1) is 0 Å². The van der Waals surface area contributed by atoms with Crippen LogP contribution in [0.3, 0.4) is 0 Å². The number of aryl methyl sites for hydroxylation is 1. The molecule has 104 valence electrons. The maximum Gasteiger partial charge on any atom is 0.241 e. The summed E-state index contributed by atoms with van der Waals surface area (Å²) < 4.78 is 0. The minimum Gasteiger partial charge on any atom is -0.321 e. The van der Waals surface area contributed by atoms with E-state index in [1.807, 2.05) is 11.8 Å². The lowest BCUT2D eigenvalue weighted by Gasteiger charge is -2.24. The van der Waals surface area contributed by atoms with Gasteiger partial charge >= 0.3 is 0 Å². The second-order valence-corrected chi connectivity index (χ2v) is 5.90. The van der Waals surface area contributed by atoms with Gasteiger partial charge in [0.25, 0.3) is 0 Å². The van der Waals surface area contributed by atoms with Gasteiger partial charge in [-0.25, -0.2) is 0 Å². The summed E-state index contributed by atoms with van der Waals surface area (Å²) in [6, 6.07) is 8.48. The average molecular weight is 278 g/mol. The molecule has 1 aromatic rings. The van der Waals surface area contributed by atoms with E-state index in [1.165, 1.54) is 11.1 Å². The van der Waals surface area contributed by atoms with E-state index < -0.39 is 0 Å². The number of rotatable bonds is 5. The molecule has 1 saturated heterocycles. The van der Waals surface area contributed by atoms with Crippen molar-refractivity contribution >= 4 is 17.7 Å². The lowest BCUT2D eigenvalue weighted by Crippen LogP contribution is -2.32. The van der Waals surface area contributed by atoms with E-state index in [-0.39, 0.29) is 18.1 Å². The highest BCUT2D eigenvalue weighted by Crippen LogP contribution is 2.25. The first-order valence-electron chi connectivity index (χ1n) is 6.81. The maximum atomic E-state index is 12.2. The number of nitrogens with zero attached hydrogens (tertiary/aromatic N) is 1. The van der Waals surface area contributed by atoms with Gasteiger partial charge in [-0.05, 0) is 30.7 Å². The molecular weight excluding hydrogens is 256 g/mol. The summed E-state index contributed by atoms with van der Waals surface area (Å²) in [5, 5.41) is 3.38. The fourth-order valence-electron chi connectivity index (χ4n) is 2.41. The lowest BCUT2D eigenvalue weighted by atomic mass is 10.1. The van der Waals surface area contributed by atoms with Crippen LogP contribution in [0.5, 0.6) is 0 Å². The normalized spacial score (nSPS) is 23.1. The number of amides is 1. The Morgan fingerprint density at radius 1 is 1.32 bits per heavy atom. The van der Waals surface area contributed by atoms with Crippen molar-refractivity contribution in [2.45, 2.75) is 32.5 Å². The first-order chi connectivity index (χ1) is 9.17. The van der Waals surface area contributed by atoms with E-state index in [0.29, 0.717) is 0 Å². The summed E-state index contributed by atoms with van der Waals surface area (Å²) in [4.78, 5) is 14.1. The van der Waals surface area contributed by atoms with E-state index in [9.17, 15) is 4.79 Å². The first-order valence-corrected chi connectivity index (χ1v) is 8.21. The van der Waals surface area contributed by atoms with Crippen molar-refractivity contribution in [1.29, 1.82) is 0 Å². The van der Waals surface area contributed by atoms with Crippen molar-refractivity contribution in [2.75, 3.05) is 18.6 Å². The molecule has 4 heteroatoms. The van der Waals surface area contributed by atoms with E-state index >= 15 is 0 Å². The quantitative estimate of drug-likeness (QED) is 0.898. The zero-order valence-electron chi connectivity index (χ0n) is 11.8. The van der Waals surface area contributed by atoms with Gasteiger partial charge in [0.1, 0.15) is 6.17 Å². The predicted octanol–water partition coefficient (Wildman–Crippen LogP) is 2.43. The number of carbonyl (C=O) groups is 1. The van der Waals surface area contributed by atoms with Crippen LogP contribution in [0.15, 0.2) is 24.3 Å². The molecule has 1 fully saturated rings. The zero-order chi connectivity index (χ0) is 13.8. The smallest absolute Gasteiger partial charge is 0.241 e. The third-order valence-electron chi connectivity index (χ3n) is 3.61. The van der Waals surface area contributed by atoms with Crippen LogP contribution in [-0.4, -0.2) is 35.4 Å². The molecule has 1 heterocycles. The summed E-state index contributed by atoms with van der Waals surface area (Å²) in [6.07, 6.45) is 3.15. The Hall–Kier alpha value is -1.00. The van der Waals surface area contributed by atoms with Crippen molar-refractivity contribution in [3.8, 4) is 0 Å². The van der Waals surface area contributed by atoms with Crippen molar-refractivity contribution in [3.05, 3.63) is 35.4 Å².